The fourth-order valence-electron chi connectivity index (χ4n) is 2.99. The SMILES string of the molecule is O=C(OCC(=O)N1CCOCC1)c1cc(C2CC2)nn1-c1ccccc1. The van der Waals surface area contributed by atoms with Crippen LogP contribution in [0.25, 0.3) is 5.69 Å². The van der Waals surface area contributed by atoms with Gasteiger partial charge in [-0.25, -0.2) is 9.48 Å². The van der Waals surface area contributed by atoms with Crippen LogP contribution in [0.3, 0.4) is 0 Å². The minimum atomic E-state index is -0.533. The van der Waals surface area contributed by atoms with Gasteiger partial charge in [-0.3, -0.25) is 4.79 Å². The Morgan fingerprint density at radius 3 is 2.58 bits per heavy atom. The van der Waals surface area contributed by atoms with E-state index < -0.39 is 5.97 Å². The summed E-state index contributed by atoms with van der Waals surface area (Å²) in [5.41, 5.74) is 2.05. The molecule has 1 aliphatic heterocycles. The number of hydrogen-bond acceptors (Lipinski definition) is 5. The Morgan fingerprint density at radius 2 is 1.88 bits per heavy atom. The molecule has 136 valence electrons. The predicted molar refractivity (Wildman–Crippen MR) is 93.2 cm³/mol. The van der Waals surface area contributed by atoms with Crippen molar-refractivity contribution in [1.29, 1.82) is 0 Å². The van der Waals surface area contributed by atoms with E-state index in [1.807, 2.05) is 30.3 Å². The molecule has 7 nitrogen and oxygen atoms in total. The molecule has 7 heteroatoms. The molecule has 0 bridgehead atoms. The highest BCUT2D eigenvalue weighted by molar-refractivity contribution is 5.90. The van der Waals surface area contributed by atoms with Crippen molar-refractivity contribution < 1.29 is 19.1 Å². The van der Waals surface area contributed by atoms with E-state index in [9.17, 15) is 9.59 Å². The first-order valence-corrected chi connectivity index (χ1v) is 8.90. The molecule has 4 rings (SSSR count). The van der Waals surface area contributed by atoms with Crippen molar-refractivity contribution in [2.24, 2.45) is 0 Å². The number of esters is 1. The Hall–Kier alpha value is -2.67. The molecule has 0 spiro atoms. The average Bonchev–Trinajstić information content (AvgIpc) is 3.45. The monoisotopic (exact) mass is 355 g/mol. The van der Waals surface area contributed by atoms with E-state index >= 15 is 0 Å². The summed E-state index contributed by atoms with van der Waals surface area (Å²) >= 11 is 0. The fourth-order valence-corrected chi connectivity index (χ4v) is 2.99. The lowest BCUT2D eigenvalue weighted by Gasteiger charge is -2.26. The molecule has 26 heavy (non-hydrogen) atoms. The molecule has 0 unspecified atom stereocenters. The van der Waals surface area contributed by atoms with Crippen molar-refractivity contribution in [3.63, 3.8) is 0 Å². The third kappa shape index (κ3) is 3.62. The Balaban J connectivity index is 1.49. The van der Waals surface area contributed by atoms with Crippen LogP contribution >= 0.6 is 0 Å². The number of morpholine rings is 1. The molecular formula is C19H21N3O4. The molecule has 0 atom stereocenters. The smallest absolute Gasteiger partial charge is 0.357 e. The van der Waals surface area contributed by atoms with E-state index in [1.54, 1.807) is 15.6 Å². The summed E-state index contributed by atoms with van der Waals surface area (Å²) in [5.74, 6) is -0.314. The number of benzene rings is 1. The Bertz CT molecular complexity index is 792. The van der Waals surface area contributed by atoms with Crippen LogP contribution in [0.15, 0.2) is 36.4 Å². The zero-order valence-corrected chi connectivity index (χ0v) is 14.5. The van der Waals surface area contributed by atoms with Crippen molar-refractivity contribution in [3.8, 4) is 5.69 Å². The van der Waals surface area contributed by atoms with Gasteiger partial charge in [0.25, 0.3) is 5.91 Å². The molecule has 0 radical (unpaired) electrons. The zero-order chi connectivity index (χ0) is 17.9. The predicted octanol–water partition coefficient (Wildman–Crippen LogP) is 1.77. The molecule has 1 aromatic carbocycles. The van der Waals surface area contributed by atoms with Crippen LogP contribution in [0.5, 0.6) is 0 Å². The largest absolute Gasteiger partial charge is 0.451 e. The van der Waals surface area contributed by atoms with Gasteiger partial charge in [-0.2, -0.15) is 5.10 Å². The van der Waals surface area contributed by atoms with E-state index in [-0.39, 0.29) is 12.5 Å². The molecule has 2 aliphatic rings. The van der Waals surface area contributed by atoms with E-state index in [0.717, 1.165) is 24.2 Å². The Morgan fingerprint density at radius 1 is 1.15 bits per heavy atom. The second-order valence-electron chi connectivity index (χ2n) is 6.55. The highest BCUT2D eigenvalue weighted by Crippen LogP contribution is 2.39. The van der Waals surface area contributed by atoms with Crippen molar-refractivity contribution in [2.45, 2.75) is 18.8 Å². The summed E-state index contributed by atoms with van der Waals surface area (Å²) in [6, 6.07) is 11.3. The lowest BCUT2D eigenvalue weighted by atomic mass is 10.2. The van der Waals surface area contributed by atoms with Crippen LogP contribution in [0.4, 0.5) is 0 Å². The second kappa shape index (κ2) is 7.29. The Labute approximate surface area is 151 Å². The molecule has 1 amide bonds. The van der Waals surface area contributed by atoms with Crippen LogP contribution in [0.1, 0.15) is 34.9 Å². The maximum Gasteiger partial charge on any atom is 0.357 e. The van der Waals surface area contributed by atoms with E-state index in [4.69, 9.17) is 9.47 Å². The highest BCUT2D eigenvalue weighted by Gasteiger charge is 2.30. The van der Waals surface area contributed by atoms with Gasteiger partial charge in [-0.15, -0.1) is 0 Å². The van der Waals surface area contributed by atoms with Crippen LogP contribution < -0.4 is 0 Å². The summed E-state index contributed by atoms with van der Waals surface area (Å²) in [6.45, 7) is 1.84. The number of hydrogen-bond donors (Lipinski definition) is 0. The van der Waals surface area contributed by atoms with Gasteiger partial charge in [0.15, 0.2) is 12.3 Å². The zero-order valence-electron chi connectivity index (χ0n) is 14.5. The molecule has 1 saturated heterocycles. The minimum absolute atomic E-state index is 0.199. The molecule has 2 fully saturated rings. The van der Waals surface area contributed by atoms with Gasteiger partial charge >= 0.3 is 5.97 Å². The maximum atomic E-state index is 12.6. The van der Waals surface area contributed by atoms with Crippen LogP contribution in [-0.2, 0) is 14.3 Å². The van der Waals surface area contributed by atoms with Gasteiger partial charge in [0.1, 0.15) is 0 Å². The topological polar surface area (TPSA) is 73.7 Å². The molecule has 1 aliphatic carbocycles. The van der Waals surface area contributed by atoms with Crippen LogP contribution in [-0.4, -0.2) is 59.5 Å². The number of para-hydroxylation sites is 1. The lowest BCUT2D eigenvalue weighted by molar-refractivity contribution is -0.138. The number of nitrogens with zero attached hydrogens (tertiary/aromatic N) is 3. The lowest BCUT2D eigenvalue weighted by Crippen LogP contribution is -2.42. The summed E-state index contributed by atoms with van der Waals surface area (Å²) < 4.78 is 12.1. The number of ether oxygens (including phenoxy) is 2. The first kappa shape index (κ1) is 16.8. The first-order chi connectivity index (χ1) is 12.7. The van der Waals surface area contributed by atoms with Crippen molar-refractivity contribution >= 4 is 11.9 Å². The second-order valence-corrected chi connectivity index (χ2v) is 6.55. The van der Waals surface area contributed by atoms with Gasteiger partial charge < -0.3 is 14.4 Å². The maximum absolute atomic E-state index is 12.6. The van der Waals surface area contributed by atoms with Gasteiger partial charge in [0.2, 0.25) is 0 Å². The number of carbonyl (C=O) groups excluding carboxylic acids is 2. The van der Waals surface area contributed by atoms with Crippen molar-refractivity contribution in [1.82, 2.24) is 14.7 Å². The van der Waals surface area contributed by atoms with Gasteiger partial charge in [-0.1, -0.05) is 18.2 Å². The molecule has 1 aromatic heterocycles. The normalized spacial score (nSPS) is 17.2. The summed E-state index contributed by atoms with van der Waals surface area (Å²) in [5, 5.41) is 4.58. The molecule has 2 heterocycles. The quantitative estimate of drug-likeness (QED) is 0.764. The standard InChI is InChI=1S/C19H21N3O4/c23-18(21-8-10-25-11-9-21)13-26-19(24)17-12-16(14-6-7-14)20-22(17)15-4-2-1-3-5-15/h1-5,12,14H,6-11,13H2. The van der Waals surface area contributed by atoms with Crippen LogP contribution in [0.2, 0.25) is 0 Å². The summed E-state index contributed by atoms with van der Waals surface area (Å²) in [4.78, 5) is 26.4. The average molecular weight is 355 g/mol. The van der Waals surface area contributed by atoms with Crippen molar-refractivity contribution in [2.75, 3.05) is 32.9 Å². The van der Waals surface area contributed by atoms with Gasteiger partial charge in [0, 0.05) is 19.0 Å². The highest BCUT2D eigenvalue weighted by atomic mass is 16.5. The van der Waals surface area contributed by atoms with E-state index in [1.165, 1.54) is 0 Å². The summed E-state index contributed by atoms with van der Waals surface area (Å²) in [6.07, 6.45) is 2.19. The van der Waals surface area contributed by atoms with E-state index in [0.29, 0.717) is 37.9 Å². The van der Waals surface area contributed by atoms with E-state index in [2.05, 4.69) is 5.10 Å². The van der Waals surface area contributed by atoms with Gasteiger partial charge in [0.05, 0.1) is 24.6 Å². The molecule has 2 aromatic rings. The molecule has 0 N–H and O–H groups in total. The van der Waals surface area contributed by atoms with Gasteiger partial charge in [-0.05, 0) is 31.0 Å². The minimum Gasteiger partial charge on any atom is -0.451 e. The van der Waals surface area contributed by atoms with Crippen molar-refractivity contribution in [3.05, 3.63) is 47.8 Å². The number of carbonyl (C=O) groups is 2. The number of amides is 1. The number of rotatable bonds is 5. The summed E-state index contributed by atoms with van der Waals surface area (Å²) in [7, 11) is 0. The first-order valence-electron chi connectivity index (χ1n) is 8.90. The fraction of sp³-hybridized carbons (Fsp3) is 0.421. The number of aromatic nitrogens is 2. The third-order valence-electron chi connectivity index (χ3n) is 4.62. The molecule has 1 saturated carbocycles. The third-order valence-corrected chi connectivity index (χ3v) is 4.62. The van der Waals surface area contributed by atoms with Crippen LogP contribution in [0, 0.1) is 0 Å². The Kier molecular flexibility index (Phi) is 4.71. The molecular weight excluding hydrogens is 334 g/mol.